The molecule has 1 aromatic rings. The molecule has 0 bridgehead atoms. The molecule has 2 fully saturated rings. The van der Waals surface area contributed by atoms with E-state index in [0.717, 1.165) is 103 Å². The minimum absolute atomic E-state index is 0.159. The van der Waals surface area contributed by atoms with E-state index in [0.29, 0.717) is 0 Å². The topological polar surface area (TPSA) is 71.7 Å². The van der Waals surface area contributed by atoms with Gasteiger partial charge in [-0.2, -0.15) is 23.5 Å². The summed E-state index contributed by atoms with van der Waals surface area (Å²) in [6, 6.07) is 8.47. The Labute approximate surface area is 246 Å². The average Bonchev–Trinajstić information content (AvgIpc) is 2.95. The minimum Gasteiger partial charge on any atom is -0.337 e. The molecule has 2 heterocycles. The van der Waals surface area contributed by atoms with Gasteiger partial charge in [-0.1, -0.05) is 12.1 Å². The van der Waals surface area contributed by atoms with Gasteiger partial charge >= 0.3 is 0 Å². The van der Waals surface area contributed by atoms with Crippen molar-refractivity contribution in [1.29, 1.82) is 0 Å². The van der Waals surface area contributed by atoms with Gasteiger partial charge in [-0.25, -0.2) is 0 Å². The second kappa shape index (κ2) is 21.9. The number of nitrogens with zero attached hydrogens (tertiary/aromatic N) is 2. The third kappa shape index (κ3) is 15.1. The van der Waals surface area contributed by atoms with Crippen molar-refractivity contribution in [2.75, 3.05) is 102 Å². The van der Waals surface area contributed by atoms with Crippen LogP contribution < -0.4 is 21.3 Å². The Morgan fingerprint density at radius 1 is 0.590 bits per heavy atom. The first-order valence-electron chi connectivity index (χ1n) is 15.4. The van der Waals surface area contributed by atoms with Crippen LogP contribution in [0.4, 0.5) is 0 Å². The van der Waals surface area contributed by atoms with Gasteiger partial charge in [0.15, 0.2) is 0 Å². The highest BCUT2D eigenvalue weighted by atomic mass is 32.2. The molecule has 4 N–H and O–H groups in total. The van der Waals surface area contributed by atoms with Gasteiger partial charge in [-0.05, 0) is 125 Å². The van der Waals surface area contributed by atoms with Crippen molar-refractivity contribution in [3.05, 3.63) is 35.4 Å². The summed E-state index contributed by atoms with van der Waals surface area (Å²) in [7, 11) is 0. The van der Waals surface area contributed by atoms with Gasteiger partial charge < -0.3 is 26.2 Å². The number of carbonyl (C=O) groups is 1. The lowest BCUT2D eigenvalue weighted by atomic mass is 10.1. The van der Waals surface area contributed by atoms with E-state index in [4.69, 9.17) is 0 Å². The summed E-state index contributed by atoms with van der Waals surface area (Å²) in [5.41, 5.74) is 2.13. The SMILES string of the molecule is O=C(c1ccc(CN2CCCSCCCNCCCSCCC2)cc1)N1CCCNCCNCCCNCC1. The summed E-state index contributed by atoms with van der Waals surface area (Å²) in [5, 5.41) is 14.1. The summed E-state index contributed by atoms with van der Waals surface area (Å²) >= 11 is 4.20. The Morgan fingerprint density at radius 2 is 1.13 bits per heavy atom. The average molecular weight is 579 g/mol. The van der Waals surface area contributed by atoms with Gasteiger partial charge in [-0.3, -0.25) is 9.69 Å². The van der Waals surface area contributed by atoms with Crippen LogP contribution in [0.1, 0.15) is 54.4 Å². The summed E-state index contributed by atoms with van der Waals surface area (Å²) in [4.78, 5) is 18.1. The number of benzene rings is 1. The van der Waals surface area contributed by atoms with Crippen LogP contribution in [-0.2, 0) is 6.54 Å². The molecule has 39 heavy (non-hydrogen) atoms. The summed E-state index contributed by atoms with van der Waals surface area (Å²) in [6.07, 6.45) is 7.13. The molecule has 9 heteroatoms. The molecule has 0 spiro atoms. The van der Waals surface area contributed by atoms with E-state index < -0.39 is 0 Å². The Morgan fingerprint density at radius 3 is 1.79 bits per heavy atom. The van der Waals surface area contributed by atoms with Gasteiger partial charge in [0.25, 0.3) is 5.91 Å². The Balaban J connectivity index is 1.50. The first-order valence-corrected chi connectivity index (χ1v) is 17.7. The standard InChI is InChI=1S/C30H54N6OS2/c37-30(36-21-2-13-33-17-16-32-11-1-12-34-18-22-36)29-9-7-28(8-10-29)27-35-19-5-25-38-23-3-14-31-15-4-24-39-26-6-20-35/h7-10,31-34H,1-6,11-27H2. The third-order valence-corrected chi connectivity index (χ3v) is 9.54. The molecule has 7 nitrogen and oxygen atoms in total. The Bertz CT molecular complexity index is 723. The van der Waals surface area contributed by atoms with E-state index >= 15 is 0 Å². The molecule has 3 rings (SSSR count). The fourth-order valence-electron chi connectivity index (χ4n) is 4.99. The fourth-order valence-corrected chi connectivity index (χ4v) is 6.76. The van der Waals surface area contributed by atoms with Crippen LogP contribution in [0.3, 0.4) is 0 Å². The number of thioether (sulfide) groups is 2. The highest BCUT2D eigenvalue weighted by molar-refractivity contribution is 7.99. The molecule has 222 valence electrons. The number of amides is 1. The maximum Gasteiger partial charge on any atom is 0.253 e. The predicted octanol–water partition coefficient (Wildman–Crippen LogP) is 3.12. The van der Waals surface area contributed by atoms with Crippen molar-refractivity contribution in [1.82, 2.24) is 31.1 Å². The van der Waals surface area contributed by atoms with Crippen LogP contribution in [0.25, 0.3) is 0 Å². The lowest BCUT2D eigenvalue weighted by Gasteiger charge is -2.24. The Kier molecular flexibility index (Phi) is 18.3. The molecule has 0 saturated carbocycles. The van der Waals surface area contributed by atoms with Gasteiger partial charge in [-0.15, -0.1) is 0 Å². The van der Waals surface area contributed by atoms with Crippen molar-refractivity contribution in [2.45, 2.75) is 45.1 Å². The summed E-state index contributed by atoms with van der Waals surface area (Å²) < 4.78 is 0. The molecule has 0 radical (unpaired) electrons. The molecule has 0 aliphatic carbocycles. The zero-order valence-electron chi connectivity index (χ0n) is 24.2. The minimum atomic E-state index is 0.159. The lowest BCUT2D eigenvalue weighted by Crippen LogP contribution is -2.40. The zero-order valence-corrected chi connectivity index (χ0v) is 25.8. The molecule has 0 unspecified atom stereocenters. The molecule has 0 aromatic heterocycles. The number of rotatable bonds is 3. The van der Waals surface area contributed by atoms with Crippen LogP contribution >= 0.6 is 23.5 Å². The van der Waals surface area contributed by atoms with Crippen molar-refractivity contribution < 1.29 is 4.79 Å². The highest BCUT2D eigenvalue weighted by Crippen LogP contribution is 2.14. The van der Waals surface area contributed by atoms with Crippen molar-refractivity contribution in [3.8, 4) is 0 Å². The van der Waals surface area contributed by atoms with Crippen LogP contribution in [0.2, 0.25) is 0 Å². The molecule has 1 amide bonds. The van der Waals surface area contributed by atoms with E-state index in [2.05, 4.69) is 74.0 Å². The van der Waals surface area contributed by atoms with Crippen LogP contribution in [0.5, 0.6) is 0 Å². The highest BCUT2D eigenvalue weighted by Gasteiger charge is 2.16. The third-order valence-electron chi connectivity index (χ3n) is 7.23. The second-order valence-corrected chi connectivity index (χ2v) is 13.1. The second-order valence-electron chi connectivity index (χ2n) is 10.6. The van der Waals surface area contributed by atoms with Crippen molar-refractivity contribution in [3.63, 3.8) is 0 Å². The number of hydrogen-bond acceptors (Lipinski definition) is 8. The molecule has 0 atom stereocenters. The van der Waals surface area contributed by atoms with E-state index in [1.54, 1.807) is 0 Å². The molecular weight excluding hydrogens is 525 g/mol. The first-order chi connectivity index (χ1) is 19.3. The van der Waals surface area contributed by atoms with Gasteiger partial charge in [0.2, 0.25) is 0 Å². The Hall–Kier alpha value is -0.810. The zero-order chi connectivity index (χ0) is 27.2. The predicted molar refractivity (Wildman–Crippen MR) is 171 cm³/mol. The lowest BCUT2D eigenvalue weighted by molar-refractivity contribution is 0.0755. The quantitative estimate of drug-likeness (QED) is 0.436. The summed E-state index contributed by atoms with van der Waals surface area (Å²) in [5.74, 6) is 5.17. The van der Waals surface area contributed by atoms with E-state index in [1.807, 2.05) is 4.90 Å². The van der Waals surface area contributed by atoms with Crippen LogP contribution in [-0.4, -0.2) is 117 Å². The number of carbonyl (C=O) groups excluding carboxylic acids is 1. The normalized spacial score (nSPS) is 22.1. The van der Waals surface area contributed by atoms with Crippen molar-refractivity contribution in [2.24, 2.45) is 0 Å². The van der Waals surface area contributed by atoms with E-state index in [1.165, 1.54) is 54.3 Å². The molecular formula is C30H54N6OS2. The number of hydrogen-bond donors (Lipinski definition) is 4. The van der Waals surface area contributed by atoms with E-state index in [9.17, 15) is 4.79 Å². The van der Waals surface area contributed by atoms with E-state index in [-0.39, 0.29) is 5.91 Å². The first kappa shape index (κ1) is 32.7. The van der Waals surface area contributed by atoms with Crippen LogP contribution in [0, 0.1) is 0 Å². The largest absolute Gasteiger partial charge is 0.337 e. The number of nitrogens with one attached hydrogen (secondary N) is 4. The maximum atomic E-state index is 13.4. The molecule has 2 aliphatic rings. The fraction of sp³-hybridized carbons (Fsp3) is 0.767. The van der Waals surface area contributed by atoms with Gasteiger partial charge in [0.1, 0.15) is 0 Å². The maximum absolute atomic E-state index is 13.4. The summed E-state index contributed by atoms with van der Waals surface area (Å²) in [6.45, 7) is 13.0. The molecule has 2 saturated heterocycles. The van der Waals surface area contributed by atoms with Gasteiger partial charge in [0.05, 0.1) is 0 Å². The smallest absolute Gasteiger partial charge is 0.253 e. The molecule has 2 aliphatic heterocycles. The monoisotopic (exact) mass is 578 g/mol. The van der Waals surface area contributed by atoms with Gasteiger partial charge in [0, 0.05) is 44.8 Å². The van der Waals surface area contributed by atoms with Crippen molar-refractivity contribution >= 4 is 29.4 Å². The molecule has 1 aromatic carbocycles. The van der Waals surface area contributed by atoms with Crippen LogP contribution in [0.15, 0.2) is 24.3 Å².